The zero-order chi connectivity index (χ0) is 23.8. The first-order valence-corrected chi connectivity index (χ1v) is 10.3. The molecule has 0 N–H and O–H groups in total. The predicted octanol–water partition coefficient (Wildman–Crippen LogP) is 5.76. The number of halogens is 2. The molecule has 0 saturated heterocycles. The van der Waals surface area contributed by atoms with Gasteiger partial charge in [-0.1, -0.05) is 52.6 Å². The maximum Gasteiger partial charge on any atom is 0.360 e. The van der Waals surface area contributed by atoms with Gasteiger partial charge >= 0.3 is 5.97 Å². The van der Waals surface area contributed by atoms with Crippen molar-refractivity contribution in [2.45, 2.75) is 6.61 Å². The number of benzene rings is 3. The van der Waals surface area contributed by atoms with Crippen LogP contribution >= 0.6 is 23.2 Å². The first-order valence-electron chi connectivity index (χ1n) is 9.54. The number of ether oxygens (including phenoxy) is 3. The molecular weight excluding hydrogens is 467 g/mol. The number of carbonyl (C=O) groups excluding carboxylic acids is 1. The van der Waals surface area contributed by atoms with Crippen molar-refractivity contribution in [1.29, 1.82) is 5.26 Å². The lowest BCUT2D eigenvalue weighted by Gasteiger charge is -2.14. The Labute approximate surface area is 200 Å². The Morgan fingerprint density at radius 2 is 1.67 bits per heavy atom. The number of nitriles is 1. The van der Waals surface area contributed by atoms with E-state index in [0.29, 0.717) is 28.2 Å². The lowest BCUT2D eigenvalue weighted by molar-refractivity contribution is -0.132. The van der Waals surface area contributed by atoms with Gasteiger partial charge in [-0.05, 0) is 29.8 Å². The molecule has 0 atom stereocenters. The van der Waals surface area contributed by atoms with Crippen LogP contribution in [0.2, 0.25) is 10.0 Å². The van der Waals surface area contributed by atoms with Crippen LogP contribution in [-0.2, 0) is 21.0 Å². The molecule has 0 bridgehead atoms. The summed E-state index contributed by atoms with van der Waals surface area (Å²) in [6.45, 7) is 0.0956. The van der Waals surface area contributed by atoms with E-state index in [1.54, 1.807) is 60.7 Å². The molecule has 0 aliphatic carbocycles. The minimum atomic E-state index is -0.639. The van der Waals surface area contributed by atoms with E-state index in [4.69, 9.17) is 47.5 Å². The summed E-state index contributed by atoms with van der Waals surface area (Å²) in [5.41, 5.74) is 1.70. The molecule has 0 aliphatic rings. The number of hydrogen-bond acceptors (Lipinski definition) is 7. The van der Waals surface area contributed by atoms with E-state index >= 15 is 0 Å². The highest BCUT2D eigenvalue weighted by atomic mass is 35.5. The van der Waals surface area contributed by atoms with Crippen LogP contribution < -0.4 is 9.47 Å². The van der Waals surface area contributed by atoms with Crippen molar-refractivity contribution in [3.8, 4) is 23.3 Å². The van der Waals surface area contributed by atoms with E-state index in [0.717, 1.165) is 0 Å². The molecule has 33 heavy (non-hydrogen) atoms. The van der Waals surface area contributed by atoms with E-state index in [1.165, 1.54) is 14.2 Å². The average molecular weight is 485 g/mol. The molecule has 0 unspecified atom stereocenters. The van der Waals surface area contributed by atoms with Crippen LogP contribution in [0.3, 0.4) is 0 Å². The first-order chi connectivity index (χ1) is 16.0. The molecule has 0 saturated carbocycles. The Balaban J connectivity index is 1.80. The van der Waals surface area contributed by atoms with Crippen molar-refractivity contribution >= 4 is 34.9 Å². The largest absolute Gasteiger partial charge is 0.489 e. The fourth-order valence-corrected chi connectivity index (χ4v) is 3.40. The lowest BCUT2D eigenvalue weighted by Crippen LogP contribution is -2.19. The zero-order valence-electron chi connectivity index (χ0n) is 17.7. The van der Waals surface area contributed by atoms with Crippen molar-refractivity contribution in [2.24, 2.45) is 5.16 Å². The highest BCUT2D eigenvalue weighted by Gasteiger charge is 2.19. The summed E-state index contributed by atoms with van der Waals surface area (Å²) in [6, 6.07) is 18.8. The Morgan fingerprint density at radius 3 is 2.27 bits per heavy atom. The number of carbonyl (C=O) groups is 1. The number of hydrogen-bond donors (Lipinski definition) is 0. The van der Waals surface area contributed by atoms with E-state index in [2.05, 4.69) is 5.16 Å². The molecule has 0 aliphatic heterocycles. The summed E-state index contributed by atoms with van der Waals surface area (Å²) < 4.78 is 16.4. The normalized spacial score (nSPS) is 10.8. The van der Waals surface area contributed by atoms with E-state index in [1.807, 2.05) is 6.07 Å². The Bertz CT molecular complexity index is 1200. The molecule has 9 heteroatoms. The van der Waals surface area contributed by atoms with Gasteiger partial charge in [-0.3, -0.25) is 0 Å². The molecule has 0 radical (unpaired) electrons. The number of rotatable bonds is 8. The van der Waals surface area contributed by atoms with Crippen molar-refractivity contribution in [1.82, 2.24) is 0 Å². The third kappa shape index (κ3) is 5.95. The Kier molecular flexibility index (Phi) is 8.14. The average Bonchev–Trinajstić information content (AvgIpc) is 2.83. The minimum absolute atomic E-state index is 0.0152. The summed E-state index contributed by atoms with van der Waals surface area (Å²) in [5.74, 6) is 0.499. The van der Waals surface area contributed by atoms with Crippen LogP contribution in [0.25, 0.3) is 0 Å². The van der Waals surface area contributed by atoms with E-state index < -0.39 is 5.97 Å². The quantitative estimate of drug-likeness (QED) is 0.229. The topological polar surface area (TPSA) is 90.1 Å². The maximum absolute atomic E-state index is 12.1. The SMILES string of the molecule is CO/N=C(/C(=O)OC)c1ccccc1COc1cc(Cl)c(Oc2ccc(C#N)cc2)c(Cl)c1. The van der Waals surface area contributed by atoms with Gasteiger partial charge in [0.2, 0.25) is 0 Å². The van der Waals surface area contributed by atoms with E-state index in [-0.39, 0.29) is 28.1 Å². The molecule has 3 aromatic rings. The van der Waals surface area contributed by atoms with Crippen LogP contribution in [0.1, 0.15) is 16.7 Å². The molecule has 3 aromatic carbocycles. The lowest BCUT2D eigenvalue weighted by atomic mass is 10.0. The fraction of sp³-hybridized carbons (Fsp3) is 0.125. The van der Waals surface area contributed by atoms with Crippen molar-refractivity contribution in [3.05, 3.63) is 87.4 Å². The Hall–Kier alpha value is -3.73. The molecule has 0 fully saturated rings. The molecule has 0 aromatic heterocycles. The highest BCUT2D eigenvalue weighted by Crippen LogP contribution is 2.39. The van der Waals surface area contributed by atoms with E-state index in [9.17, 15) is 4.79 Å². The number of nitrogens with zero attached hydrogens (tertiary/aromatic N) is 2. The molecule has 168 valence electrons. The van der Waals surface area contributed by atoms with Gasteiger partial charge in [-0.25, -0.2) is 4.79 Å². The van der Waals surface area contributed by atoms with Crippen LogP contribution in [0, 0.1) is 11.3 Å². The maximum atomic E-state index is 12.1. The second-order valence-electron chi connectivity index (χ2n) is 6.51. The van der Waals surface area contributed by atoms with Gasteiger partial charge < -0.3 is 19.0 Å². The first kappa shape index (κ1) is 23.9. The molecule has 3 rings (SSSR count). The van der Waals surface area contributed by atoms with Gasteiger partial charge in [0.25, 0.3) is 0 Å². The molecule has 0 amide bonds. The number of oxime groups is 1. The summed E-state index contributed by atoms with van der Waals surface area (Å²) in [7, 11) is 2.60. The van der Waals surface area contributed by atoms with Gasteiger partial charge in [0.15, 0.2) is 11.5 Å². The van der Waals surface area contributed by atoms with Crippen LogP contribution in [0.15, 0.2) is 65.8 Å². The van der Waals surface area contributed by atoms with Crippen molar-refractivity contribution in [2.75, 3.05) is 14.2 Å². The fourth-order valence-electron chi connectivity index (χ4n) is 2.86. The van der Waals surface area contributed by atoms with Gasteiger partial charge in [0.05, 0.1) is 28.8 Å². The monoisotopic (exact) mass is 484 g/mol. The molecular formula is C24H18Cl2N2O5. The van der Waals surface area contributed by atoms with Gasteiger partial charge in [-0.15, -0.1) is 0 Å². The third-order valence-electron chi connectivity index (χ3n) is 4.40. The van der Waals surface area contributed by atoms with Crippen LogP contribution in [0.4, 0.5) is 0 Å². The van der Waals surface area contributed by atoms with Gasteiger partial charge in [0.1, 0.15) is 25.2 Å². The summed E-state index contributed by atoms with van der Waals surface area (Å²) in [5, 5.41) is 13.2. The van der Waals surface area contributed by atoms with Crippen LogP contribution in [-0.4, -0.2) is 25.9 Å². The summed E-state index contributed by atoms with van der Waals surface area (Å²) >= 11 is 12.7. The van der Waals surface area contributed by atoms with Crippen molar-refractivity contribution < 1.29 is 23.8 Å². The van der Waals surface area contributed by atoms with Crippen molar-refractivity contribution in [3.63, 3.8) is 0 Å². The molecule has 0 spiro atoms. The van der Waals surface area contributed by atoms with Gasteiger partial charge in [0, 0.05) is 17.7 Å². The highest BCUT2D eigenvalue weighted by molar-refractivity contribution is 6.43. The molecule has 7 nitrogen and oxygen atoms in total. The second kappa shape index (κ2) is 11.2. The van der Waals surface area contributed by atoms with Gasteiger partial charge in [-0.2, -0.15) is 5.26 Å². The second-order valence-corrected chi connectivity index (χ2v) is 7.33. The molecule has 0 heterocycles. The smallest absolute Gasteiger partial charge is 0.360 e. The summed E-state index contributed by atoms with van der Waals surface area (Å²) in [6.07, 6.45) is 0. The van der Waals surface area contributed by atoms with Crippen LogP contribution in [0.5, 0.6) is 17.2 Å². The standard InChI is InChI=1S/C24H18Cl2N2O5/c1-30-24(29)22(28-31-2)19-6-4-3-5-16(19)14-32-18-11-20(25)23(21(26)12-18)33-17-9-7-15(13-27)8-10-17/h3-12H,14H2,1-2H3/b28-22+. The number of esters is 1. The predicted molar refractivity (Wildman–Crippen MR) is 124 cm³/mol. The summed E-state index contributed by atoms with van der Waals surface area (Å²) in [4.78, 5) is 16.9. The zero-order valence-corrected chi connectivity index (χ0v) is 19.2. The minimum Gasteiger partial charge on any atom is -0.489 e. The Morgan fingerprint density at radius 1 is 1.00 bits per heavy atom. The number of methoxy groups -OCH3 is 1. The third-order valence-corrected chi connectivity index (χ3v) is 4.96.